The summed E-state index contributed by atoms with van der Waals surface area (Å²) in [5.41, 5.74) is 1.03. The molecule has 0 aromatic heterocycles. The summed E-state index contributed by atoms with van der Waals surface area (Å²) in [4.78, 5) is 13.7. The van der Waals surface area contributed by atoms with Crippen LogP contribution in [0.3, 0.4) is 0 Å². The van der Waals surface area contributed by atoms with Crippen molar-refractivity contribution >= 4 is 29.5 Å². The molecule has 1 fully saturated rings. The van der Waals surface area contributed by atoms with Gasteiger partial charge in [0.25, 0.3) is 0 Å². The van der Waals surface area contributed by atoms with Crippen LogP contribution in [-0.2, 0) is 14.3 Å². The number of carbonyl (C=O) groups excluding carboxylic acids is 1. The highest BCUT2D eigenvalue weighted by atomic mass is 32.2. The fraction of sp³-hybridized carbons (Fsp3) is 0.235. The molecule has 2 aromatic carbocycles. The topological polar surface area (TPSA) is 26.3 Å². The highest BCUT2D eigenvalue weighted by Gasteiger charge is 2.88. The average molecular weight is 368 g/mol. The van der Waals surface area contributed by atoms with Crippen molar-refractivity contribution in [2.24, 2.45) is 0 Å². The van der Waals surface area contributed by atoms with Crippen LogP contribution in [0, 0.1) is 0 Å². The second-order valence-electron chi connectivity index (χ2n) is 5.55. The lowest BCUT2D eigenvalue weighted by molar-refractivity contribution is -0.182. The van der Waals surface area contributed by atoms with Gasteiger partial charge in [0, 0.05) is 9.79 Å². The minimum Gasteiger partial charge on any atom is -0.468 e. The van der Waals surface area contributed by atoms with Crippen LogP contribution >= 0.6 is 23.5 Å². The monoisotopic (exact) mass is 368 g/mol. The SMILES string of the molecule is COC(=O)[C@@]1(C(F)(F)F)SC12c1ccccc1Sc1ccccc12. The number of benzene rings is 2. The van der Waals surface area contributed by atoms with Gasteiger partial charge < -0.3 is 4.74 Å². The highest BCUT2D eigenvalue weighted by Crippen LogP contribution is 2.81. The van der Waals surface area contributed by atoms with E-state index >= 15 is 0 Å². The van der Waals surface area contributed by atoms with Crippen molar-refractivity contribution < 1.29 is 22.7 Å². The van der Waals surface area contributed by atoms with Gasteiger partial charge in [0.05, 0.1) is 7.11 Å². The minimum absolute atomic E-state index is 0.515. The number of thioether (sulfide) groups is 1. The molecule has 24 heavy (non-hydrogen) atoms. The smallest absolute Gasteiger partial charge is 0.415 e. The van der Waals surface area contributed by atoms with Gasteiger partial charge in [-0.1, -0.05) is 48.2 Å². The Balaban J connectivity index is 2.04. The van der Waals surface area contributed by atoms with E-state index in [1.54, 1.807) is 48.5 Å². The van der Waals surface area contributed by atoms with E-state index in [1.807, 2.05) is 0 Å². The predicted molar refractivity (Wildman–Crippen MR) is 86.2 cm³/mol. The molecule has 2 aliphatic heterocycles. The average Bonchev–Trinajstić information content (AvgIpc) is 3.27. The molecular formula is C17H11F3O2S2. The fourth-order valence-corrected chi connectivity index (χ4v) is 6.36. The molecule has 0 N–H and O–H groups in total. The molecule has 7 heteroatoms. The van der Waals surface area contributed by atoms with Gasteiger partial charge in [0.2, 0.25) is 4.75 Å². The van der Waals surface area contributed by atoms with Crippen molar-refractivity contribution in [3.8, 4) is 0 Å². The minimum atomic E-state index is -4.73. The Morgan fingerprint density at radius 2 is 1.50 bits per heavy atom. The van der Waals surface area contributed by atoms with Gasteiger partial charge in [-0.15, -0.1) is 11.8 Å². The van der Waals surface area contributed by atoms with E-state index in [-0.39, 0.29) is 0 Å². The molecule has 124 valence electrons. The lowest BCUT2D eigenvalue weighted by Gasteiger charge is -2.31. The van der Waals surface area contributed by atoms with E-state index in [9.17, 15) is 18.0 Å². The molecule has 2 aromatic rings. The van der Waals surface area contributed by atoms with Gasteiger partial charge in [0.1, 0.15) is 4.75 Å². The number of hydrogen-bond acceptors (Lipinski definition) is 4. The van der Waals surface area contributed by atoms with Gasteiger partial charge in [-0.3, -0.25) is 4.79 Å². The zero-order valence-corrected chi connectivity index (χ0v) is 14.0. The predicted octanol–water partition coefficient (Wildman–Crippen LogP) is 4.62. The summed E-state index contributed by atoms with van der Waals surface area (Å²) in [6, 6.07) is 13.9. The summed E-state index contributed by atoms with van der Waals surface area (Å²) in [6.07, 6.45) is -4.73. The Bertz CT molecular complexity index is 804. The Hall–Kier alpha value is -1.60. The third kappa shape index (κ3) is 1.74. The second-order valence-corrected chi connectivity index (χ2v) is 8.06. The quantitative estimate of drug-likeness (QED) is 0.542. The zero-order chi connectivity index (χ0) is 17.2. The Morgan fingerprint density at radius 3 is 1.96 bits per heavy atom. The van der Waals surface area contributed by atoms with Gasteiger partial charge in [0.15, 0.2) is 0 Å². The zero-order valence-electron chi connectivity index (χ0n) is 12.4. The summed E-state index contributed by atoms with van der Waals surface area (Å²) < 4.78 is 42.5. The molecule has 0 unspecified atom stereocenters. The Labute approximate surface area is 144 Å². The van der Waals surface area contributed by atoms with Crippen LogP contribution in [-0.4, -0.2) is 24.0 Å². The molecule has 2 nitrogen and oxygen atoms in total. The van der Waals surface area contributed by atoms with Crippen LogP contribution in [0.25, 0.3) is 0 Å². The number of hydrogen-bond donors (Lipinski definition) is 0. The maximum atomic E-state index is 14.0. The van der Waals surface area contributed by atoms with Gasteiger partial charge >= 0.3 is 12.1 Å². The molecule has 0 amide bonds. The normalized spacial score (nSPS) is 23.3. The first-order chi connectivity index (χ1) is 11.4. The second kappa shape index (κ2) is 4.95. The van der Waals surface area contributed by atoms with E-state index in [0.29, 0.717) is 22.9 Å². The van der Waals surface area contributed by atoms with Gasteiger partial charge in [-0.2, -0.15) is 13.2 Å². The van der Waals surface area contributed by atoms with Crippen molar-refractivity contribution in [1.29, 1.82) is 0 Å². The van der Waals surface area contributed by atoms with Crippen molar-refractivity contribution in [1.82, 2.24) is 0 Å². The highest BCUT2D eigenvalue weighted by molar-refractivity contribution is 8.10. The first kappa shape index (κ1) is 15.9. The number of rotatable bonds is 1. The molecule has 1 spiro atoms. The summed E-state index contributed by atoms with van der Waals surface area (Å²) in [7, 11) is 0.998. The Morgan fingerprint density at radius 1 is 1.00 bits per heavy atom. The van der Waals surface area contributed by atoms with Crippen molar-refractivity contribution in [3.63, 3.8) is 0 Å². The number of alkyl halides is 3. The first-order valence-electron chi connectivity index (χ1n) is 7.10. The number of fused-ring (bicyclic) bond motifs is 4. The largest absolute Gasteiger partial charge is 0.468 e. The molecular weight excluding hydrogens is 357 g/mol. The third-order valence-corrected chi connectivity index (χ3v) is 7.40. The van der Waals surface area contributed by atoms with E-state index in [0.717, 1.165) is 16.9 Å². The summed E-state index contributed by atoms with van der Waals surface area (Å²) in [5.74, 6) is -1.25. The summed E-state index contributed by atoms with van der Waals surface area (Å²) in [6.45, 7) is 0. The van der Waals surface area contributed by atoms with E-state index in [4.69, 9.17) is 0 Å². The van der Waals surface area contributed by atoms with Gasteiger partial charge in [-0.25, -0.2) is 0 Å². The lowest BCUT2D eigenvalue weighted by atomic mass is 9.79. The molecule has 0 bridgehead atoms. The van der Waals surface area contributed by atoms with Crippen LogP contribution in [0.15, 0.2) is 58.3 Å². The molecule has 2 heterocycles. The number of ether oxygens (including phenoxy) is 1. The van der Waals surface area contributed by atoms with Crippen molar-refractivity contribution in [3.05, 3.63) is 59.7 Å². The van der Waals surface area contributed by atoms with E-state index in [1.165, 1.54) is 11.8 Å². The molecule has 0 aliphatic carbocycles. The first-order valence-corrected chi connectivity index (χ1v) is 8.74. The van der Waals surface area contributed by atoms with Crippen LogP contribution in [0.5, 0.6) is 0 Å². The van der Waals surface area contributed by atoms with E-state index < -0.39 is 21.6 Å². The molecule has 0 saturated carbocycles. The number of halogens is 3. The van der Waals surface area contributed by atoms with Gasteiger partial charge in [-0.05, 0) is 23.3 Å². The number of esters is 1. The third-order valence-electron chi connectivity index (χ3n) is 4.38. The van der Waals surface area contributed by atoms with Crippen LogP contribution < -0.4 is 0 Å². The Kier molecular flexibility index (Phi) is 3.28. The summed E-state index contributed by atoms with van der Waals surface area (Å²) >= 11 is 2.04. The number of methoxy groups -OCH3 is 1. The van der Waals surface area contributed by atoms with Crippen LogP contribution in [0.2, 0.25) is 0 Å². The molecule has 1 atom stereocenters. The molecule has 2 aliphatic rings. The molecule has 1 saturated heterocycles. The van der Waals surface area contributed by atoms with E-state index in [2.05, 4.69) is 4.74 Å². The number of carbonyl (C=O) groups is 1. The molecule has 4 rings (SSSR count). The summed E-state index contributed by atoms with van der Waals surface area (Å²) in [5, 5.41) is 0. The fourth-order valence-electron chi connectivity index (χ4n) is 3.35. The van der Waals surface area contributed by atoms with Crippen molar-refractivity contribution in [2.45, 2.75) is 25.5 Å². The standard InChI is InChI=1S/C17H11F3O2S2/c1-22-14(21)16(17(18,19)20)15(24-16)10-6-2-4-8-12(10)23-13-9-5-3-7-11(13)15/h2-9H,1H3/t16-/m1/s1. The van der Waals surface area contributed by atoms with Crippen molar-refractivity contribution in [2.75, 3.05) is 7.11 Å². The lowest BCUT2D eigenvalue weighted by Crippen LogP contribution is -2.47. The maximum Gasteiger partial charge on any atom is 0.415 e. The molecule has 0 radical (unpaired) electrons. The maximum absolute atomic E-state index is 14.0. The van der Waals surface area contributed by atoms with Crippen LogP contribution in [0.4, 0.5) is 13.2 Å². The van der Waals surface area contributed by atoms with Crippen LogP contribution in [0.1, 0.15) is 11.1 Å².